The predicted molar refractivity (Wildman–Crippen MR) is 78.7 cm³/mol. The fourth-order valence-electron chi connectivity index (χ4n) is 1.43. The van der Waals surface area contributed by atoms with Gasteiger partial charge in [-0.25, -0.2) is 4.39 Å². The lowest BCUT2D eigenvalue weighted by molar-refractivity contribution is 0.0674. The zero-order valence-corrected chi connectivity index (χ0v) is 16.5. The van der Waals surface area contributed by atoms with Crippen LogP contribution in [-0.4, -0.2) is 56.4 Å². The van der Waals surface area contributed by atoms with Crippen LogP contribution in [-0.2, 0) is 21.5 Å². The molecule has 0 aromatic heterocycles. The topological polar surface area (TPSA) is 46.2 Å². The van der Waals surface area contributed by atoms with E-state index in [1.54, 1.807) is 7.11 Å². The van der Waals surface area contributed by atoms with Crippen LogP contribution in [0, 0.1) is 0 Å². The van der Waals surface area contributed by atoms with Crippen molar-refractivity contribution in [3.63, 3.8) is 0 Å². The van der Waals surface area contributed by atoms with Crippen LogP contribution in [0.1, 0.15) is 0 Å². The van der Waals surface area contributed by atoms with E-state index < -0.39 is 43.0 Å². The fraction of sp³-hybridized carbons (Fsp3) is 1.00. The normalized spacial score (nSPS) is 18.7. The van der Waals surface area contributed by atoms with Gasteiger partial charge in [0.1, 0.15) is 0 Å². The molecule has 3 unspecified atom stereocenters. The minimum atomic E-state index is -2.46. The first-order valence-corrected chi connectivity index (χ1v) is 15.5. The molecule has 10 heteroatoms. The molecule has 0 saturated heterocycles. The lowest BCUT2D eigenvalue weighted by atomic mass is 11.5. The summed E-state index contributed by atoms with van der Waals surface area (Å²) in [5.41, 5.74) is 0. The van der Waals surface area contributed by atoms with Gasteiger partial charge in [-0.1, -0.05) is 0 Å². The van der Waals surface area contributed by atoms with Gasteiger partial charge in [-0.15, -0.1) is 0 Å². The van der Waals surface area contributed by atoms with Gasteiger partial charge >= 0.3 is 8.56 Å². The molecule has 0 rings (SSSR count). The minimum Gasteiger partial charge on any atom is -0.442 e. The Morgan fingerprint density at radius 3 is 2.11 bits per heavy atom. The van der Waals surface area contributed by atoms with Crippen molar-refractivity contribution in [3.8, 4) is 0 Å². The molecule has 0 aliphatic carbocycles. The Balaban J connectivity index is 4.13. The molecule has 0 aromatic carbocycles. The summed E-state index contributed by atoms with van der Waals surface area (Å²) >= 11 is 0. The Morgan fingerprint density at radius 2 is 1.67 bits per heavy atom. The van der Waals surface area contributed by atoms with Crippen LogP contribution in [0.25, 0.3) is 0 Å². The quantitative estimate of drug-likeness (QED) is 0.557. The predicted octanol–water partition coefficient (Wildman–Crippen LogP) is 0.921. The van der Waals surface area contributed by atoms with Gasteiger partial charge in [0.25, 0.3) is 18.6 Å². The maximum absolute atomic E-state index is 12.0. The highest BCUT2D eigenvalue weighted by Gasteiger charge is 2.34. The second kappa shape index (κ2) is 9.49. The third kappa shape index (κ3) is 8.66. The van der Waals surface area contributed by atoms with Crippen LogP contribution in [0.15, 0.2) is 0 Å². The van der Waals surface area contributed by atoms with E-state index in [-0.39, 0.29) is 6.23 Å². The van der Waals surface area contributed by atoms with Crippen molar-refractivity contribution < 1.29 is 25.9 Å². The van der Waals surface area contributed by atoms with Gasteiger partial charge < -0.3 is 21.5 Å². The summed E-state index contributed by atoms with van der Waals surface area (Å²) in [7, 11) is -5.36. The average Bonchev–Trinajstić information content (AvgIpc) is 2.24. The van der Waals surface area contributed by atoms with Gasteiger partial charge in [0.15, 0.2) is 15.9 Å². The van der Waals surface area contributed by atoms with Crippen LogP contribution < -0.4 is 0 Å². The van der Waals surface area contributed by atoms with Crippen LogP contribution >= 0.6 is 0 Å². The van der Waals surface area contributed by atoms with Crippen molar-refractivity contribution in [3.05, 3.63) is 0 Å². The van der Waals surface area contributed by atoms with Crippen LogP contribution in [0.4, 0.5) is 4.39 Å². The zero-order valence-electron chi connectivity index (χ0n) is 12.1. The van der Waals surface area contributed by atoms with Crippen molar-refractivity contribution in [2.24, 2.45) is 0 Å². The van der Waals surface area contributed by atoms with Crippen LogP contribution in [0.5, 0.6) is 0 Å². The molecule has 0 radical (unpaired) electrons. The molecule has 0 heterocycles. The van der Waals surface area contributed by atoms with Crippen LogP contribution in [0.3, 0.4) is 0 Å². The molecule has 0 aliphatic rings. The first kappa shape index (κ1) is 18.6. The molecule has 0 saturated carbocycles. The van der Waals surface area contributed by atoms with Crippen molar-refractivity contribution in [1.82, 2.24) is 0 Å². The summed E-state index contributed by atoms with van der Waals surface area (Å²) in [6.45, 7) is 9.20. The Kier molecular flexibility index (Phi) is 9.81. The van der Waals surface area contributed by atoms with E-state index in [1.165, 1.54) is 0 Å². The van der Waals surface area contributed by atoms with Gasteiger partial charge in [-0.3, -0.25) is 0 Å². The molecular weight excluding hydrogens is 307 g/mol. The molecule has 0 fully saturated rings. The number of ether oxygens (including phenoxy) is 1. The molecule has 0 N–H and O–H groups in total. The molecule has 18 heavy (non-hydrogen) atoms. The second-order valence-electron chi connectivity index (χ2n) is 4.37. The van der Waals surface area contributed by atoms with E-state index >= 15 is 0 Å². The molecular formula is C8H25FO5Si4. The molecule has 5 nitrogen and oxygen atoms in total. The number of alkyl halides is 1. The van der Waals surface area contributed by atoms with Crippen LogP contribution in [0.2, 0.25) is 32.7 Å². The van der Waals surface area contributed by atoms with E-state index in [0.717, 1.165) is 0 Å². The highest BCUT2D eigenvalue weighted by molar-refractivity contribution is 6.75. The first-order chi connectivity index (χ1) is 8.33. The summed E-state index contributed by atoms with van der Waals surface area (Å²) in [6, 6.07) is 0. The number of rotatable bonds is 10. The Hall–Kier alpha value is 0.598. The van der Waals surface area contributed by atoms with E-state index in [4.69, 9.17) is 21.5 Å². The SMILES string of the molecule is CO[Si](C)(COCF)O[SiH](C)O[SiH](C)O[SiH](C)C. The standard InChI is InChI=1S/C8H25FO5Si4/c1-10-18(6,8-11-7-9)14-17(5)13-16(4)12-15(2)3/h15-17H,7-8H2,1-6H3. The molecule has 0 aliphatic heterocycles. The molecule has 0 amide bonds. The van der Waals surface area contributed by atoms with Crippen molar-refractivity contribution in [2.75, 3.05) is 20.2 Å². The third-order valence-electron chi connectivity index (χ3n) is 2.14. The first-order valence-electron chi connectivity index (χ1n) is 6.00. The number of halogens is 1. The smallest absolute Gasteiger partial charge is 0.352 e. The fourth-order valence-corrected chi connectivity index (χ4v) is 12.2. The summed E-state index contributed by atoms with van der Waals surface area (Å²) in [5.74, 6) is 0. The lowest BCUT2D eigenvalue weighted by Gasteiger charge is -2.29. The summed E-state index contributed by atoms with van der Waals surface area (Å²) in [6.07, 6.45) is 0.177. The Morgan fingerprint density at radius 1 is 1.06 bits per heavy atom. The van der Waals surface area contributed by atoms with E-state index in [9.17, 15) is 4.39 Å². The van der Waals surface area contributed by atoms with E-state index in [0.29, 0.717) is 0 Å². The molecule has 0 aromatic rings. The third-order valence-corrected chi connectivity index (χ3v) is 13.8. The molecule has 110 valence electrons. The van der Waals surface area contributed by atoms with E-state index in [1.807, 2.05) is 19.6 Å². The second-order valence-corrected chi connectivity index (χ2v) is 14.8. The highest BCUT2D eigenvalue weighted by atomic mass is 28.5. The van der Waals surface area contributed by atoms with Gasteiger partial charge in [0.05, 0.1) is 6.23 Å². The van der Waals surface area contributed by atoms with Gasteiger partial charge in [-0.05, 0) is 32.7 Å². The maximum Gasteiger partial charge on any atom is 0.352 e. The Labute approximate surface area is 115 Å². The molecule has 0 spiro atoms. The summed E-state index contributed by atoms with van der Waals surface area (Å²) in [5, 5.41) is 0. The van der Waals surface area contributed by atoms with Gasteiger partial charge in [0, 0.05) is 7.11 Å². The van der Waals surface area contributed by atoms with Crippen molar-refractivity contribution in [2.45, 2.75) is 32.7 Å². The highest BCUT2D eigenvalue weighted by Crippen LogP contribution is 2.10. The van der Waals surface area contributed by atoms with Crippen molar-refractivity contribution in [1.29, 1.82) is 0 Å². The number of hydrogen-bond donors (Lipinski definition) is 0. The average molecular weight is 333 g/mol. The maximum atomic E-state index is 12.0. The van der Waals surface area contributed by atoms with Gasteiger partial charge in [0.2, 0.25) is 0 Å². The lowest BCUT2D eigenvalue weighted by Crippen LogP contribution is -2.49. The molecule has 0 bridgehead atoms. The molecule has 3 atom stereocenters. The van der Waals surface area contributed by atoms with E-state index in [2.05, 4.69) is 13.1 Å². The van der Waals surface area contributed by atoms with Gasteiger partial charge in [-0.2, -0.15) is 0 Å². The zero-order chi connectivity index (χ0) is 14.2. The van der Waals surface area contributed by atoms with Crippen molar-refractivity contribution >= 4 is 36.2 Å². The summed E-state index contributed by atoms with van der Waals surface area (Å²) < 4.78 is 39.5. The Bertz CT molecular complexity index is 226. The largest absolute Gasteiger partial charge is 0.442 e. The summed E-state index contributed by atoms with van der Waals surface area (Å²) in [4.78, 5) is 0. The number of hydrogen-bond acceptors (Lipinski definition) is 5. The minimum absolute atomic E-state index is 0.177. The monoisotopic (exact) mass is 332 g/mol.